The van der Waals surface area contributed by atoms with Crippen molar-refractivity contribution in [1.29, 1.82) is 0 Å². The maximum Gasteiger partial charge on any atom is 0.323 e. The molecule has 9 nitrogen and oxygen atoms in total. The number of aromatic nitrogens is 2. The van der Waals surface area contributed by atoms with E-state index >= 15 is 0 Å². The molecule has 1 aromatic heterocycles. The number of nitrogens with one attached hydrogen (secondary N) is 1. The van der Waals surface area contributed by atoms with Crippen LogP contribution in [-0.2, 0) is 0 Å². The van der Waals surface area contributed by atoms with Crippen molar-refractivity contribution in [3.8, 4) is 5.69 Å². The second-order valence-electron chi connectivity index (χ2n) is 8.90. The highest BCUT2D eigenvalue weighted by molar-refractivity contribution is 5.91. The van der Waals surface area contributed by atoms with Gasteiger partial charge >= 0.3 is 6.03 Å². The lowest BCUT2D eigenvalue weighted by Crippen LogP contribution is -2.46. The van der Waals surface area contributed by atoms with Crippen LogP contribution in [0, 0.1) is 11.2 Å². The van der Waals surface area contributed by atoms with Gasteiger partial charge in [0.15, 0.2) is 5.82 Å². The first kappa shape index (κ1) is 22.8. The lowest BCUT2D eigenvalue weighted by molar-refractivity contribution is 0.104. The minimum Gasteiger partial charge on any atom is -0.404 e. The molecule has 3 heterocycles. The van der Waals surface area contributed by atoms with E-state index in [-0.39, 0.29) is 17.3 Å². The molecule has 0 aliphatic carbocycles. The zero-order chi connectivity index (χ0) is 23.4. The van der Waals surface area contributed by atoms with Crippen LogP contribution in [0.5, 0.6) is 0 Å². The Morgan fingerprint density at radius 2 is 2.06 bits per heavy atom. The fourth-order valence-corrected chi connectivity index (χ4v) is 4.84. The molecular weight excluding hydrogens is 423 g/mol. The molecule has 1 spiro atoms. The molecule has 176 valence electrons. The summed E-state index contributed by atoms with van der Waals surface area (Å²) in [5.74, 6) is -0.0301. The number of likely N-dealkylation sites (tertiary alicyclic amines) is 2. The molecule has 0 bridgehead atoms. The number of amides is 2. The number of nitrogens with two attached hydrogens (primary N) is 2. The molecule has 2 amide bonds. The van der Waals surface area contributed by atoms with E-state index in [2.05, 4.69) is 20.3 Å². The zero-order valence-corrected chi connectivity index (χ0v) is 18.9. The smallest absolute Gasteiger partial charge is 0.323 e. The van der Waals surface area contributed by atoms with Crippen LogP contribution in [0.15, 0.2) is 47.2 Å². The molecule has 0 saturated carbocycles. The molecule has 2 aliphatic rings. The Kier molecular flexibility index (Phi) is 6.64. The zero-order valence-electron chi connectivity index (χ0n) is 18.9. The molecule has 2 aliphatic heterocycles. The number of piperidine rings is 1. The molecule has 10 heteroatoms. The number of carbonyl (C=O) groups excluding carboxylic acids is 1. The largest absolute Gasteiger partial charge is 0.404 e. The molecular formula is C23H31FN8O. The van der Waals surface area contributed by atoms with Crippen LogP contribution in [0.1, 0.15) is 19.3 Å². The van der Waals surface area contributed by atoms with Gasteiger partial charge in [-0.1, -0.05) is 0 Å². The van der Waals surface area contributed by atoms with Crippen LogP contribution in [0.2, 0.25) is 0 Å². The number of carbonyl (C=O) groups is 1. The lowest BCUT2D eigenvalue weighted by atomic mass is 9.79. The first-order chi connectivity index (χ1) is 15.9. The maximum absolute atomic E-state index is 13.2. The number of anilines is 2. The summed E-state index contributed by atoms with van der Waals surface area (Å²) in [5.41, 5.74) is 13.9. The van der Waals surface area contributed by atoms with Gasteiger partial charge in [0.25, 0.3) is 0 Å². The topological polar surface area (TPSA) is 118 Å². The van der Waals surface area contributed by atoms with E-state index in [4.69, 9.17) is 11.5 Å². The SMILES string of the molecule is CN=CC(=CN)CN1CCCC2(CCN(C(=O)Nc3nn(-c4ccc(F)cc4)cc3N)C2)C1. The Balaban J connectivity index is 1.38. The molecule has 1 aromatic carbocycles. The third-order valence-electron chi connectivity index (χ3n) is 6.44. The van der Waals surface area contributed by atoms with Crippen molar-refractivity contribution in [2.24, 2.45) is 16.1 Å². The van der Waals surface area contributed by atoms with Gasteiger partial charge in [-0.3, -0.25) is 15.2 Å². The summed E-state index contributed by atoms with van der Waals surface area (Å²) in [5, 5.41) is 7.21. The van der Waals surface area contributed by atoms with Crippen molar-refractivity contribution in [2.75, 3.05) is 50.8 Å². The minimum absolute atomic E-state index is 0.0810. The highest BCUT2D eigenvalue weighted by Gasteiger charge is 2.43. The van der Waals surface area contributed by atoms with E-state index in [0.717, 1.165) is 44.5 Å². The van der Waals surface area contributed by atoms with Gasteiger partial charge < -0.3 is 16.4 Å². The number of aliphatic imine (C=N–C) groups is 1. The van der Waals surface area contributed by atoms with E-state index in [1.165, 1.54) is 16.8 Å². The summed E-state index contributed by atoms with van der Waals surface area (Å²) in [7, 11) is 1.74. The number of hydrogen-bond acceptors (Lipinski definition) is 6. The summed E-state index contributed by atoms with van der Waals surface area (Å²) < 4.78 is 14.7. The summed E-state index contributed by atoms with van der Waals surface area (Å²) in [4.78, 5) is 21.3. The standard InChI is InChI=1S/C23H31FN8O/c1-27-12-17(11-25)13-30-9-2-7-23(15-30)8-10-31(16-23)22(33)28-21-20(26)14-32(29-21)19-5-3-18(24)4-6-19/h3-6,11-12,14H,2,7-10,13,15-16,25-26H2,1H3,(H,28,29,33). The first-order valence-corrected chi connectivity index (χ1v) is 11.1. The highest BCUT2D eigenvalue weighted by Crippen LogP contribution is 2.39. The number of benzene rings is 1. The van der Waals surface area contributed by atoms with E-state index in [1.54, 1.807) is 37.8 Å². The molecule has 1 atom stereocenters. The van der Waals surface area contributed by atoms with Crippen molar-refractivity contribution in [3.63, 3.8) is 0 Å². The number of rotatable bonds is 5. The van der Waals surface area contributed by atoms with Gasteiger partial charge in [0, 0.05) is 44.9 Å². The normalized spacial score (nSPS) is 21.9. The highest BCUT2D eigenvalue weighted by atomic mass is 19.1. The van der Waals surface area contributed by atoms with Crippen molar-refractivity contribution < 1.29 is 9.18 Å². The molecule has 0 radical (unpaired) electrons. The quantitative estimate of drug-likeness (QED) is 0.600. The van der Waals surface area contributed by atoms with Crippen LogP contribution in [0.25, 0.3) is 5.69 Å². The molecule has 4 rings (SSSR count). The third kappa shape index (κ3) is 5.16. The van der Waals surface area contributed by atoms with Crippen LogP contribution in [0.3, 0.4) is 0 Å². The number of urea groups is 1. The van der Waals surface area contributed by atoms with Crippen molar-refractivity contribution in [3.05, 3.63) is 48.1 Å². The van der Waals surface area contributed by atoms with E-state index in [0.29, 0.717) is 30.3 Å². The van der Waals surface area contributed by atoms with Gasteiger partial charge in [-0.15, -0.1) is 5.10 Å². The Morgan fingerprint density at radius 1 is 1.27 bits per heavy atom. The van der Waals surface area contributed by atoms with Crippen molar-refractivity contribution >= 4 is 23.8 Å². The van der Waals surface area contributed by atoms with Crippen molar-refractivity contribution in [1.82, 2.24) is 19.6 Å². The lowest BCUT2D eigenvalue weighted by Gasteiger charge is -2.40. The van der Waals surface area contributed by atoms with Crippen LogP contribution in [0.4, 0.5) is 20.7 Å². The Morgan fingerprint density at radius 3 is 2.79 bits per heavy atom. The molecule has 2 fully saturated rings. The molecule has 33 heavy (non-hydrogen) atoms. The summed E-state index contributed by atoms with van der Waals surface area (Å²) in [6.07, 6.45) is 8.16. The average molecular weight is 455 g/mol. The van der Waals surface area contributed by atoms with Gasteiger partial charge in [-0.05, 0) is 61.8 Å². The second kappa shape index (κ2) is 9.62. The van der Waals surface area contributed by atoms with Crippen LogP contribution < -0.4 is 16.8 Å². The monoisotopic (exact) mass is 454 g/mol. The molecule has 1 unspecified atom stereocenters. The van der Waals surface area contributed by atoms with Gasteiger partial charge in [0.05, 0.1) is 17.6 Å². The fourth-order valence-electron chi connectivity index (χ4n) is 4.84. The van der Waals surface area contributed by atoms with Crippen LogP contribution >= 0.6 is 0 Å². The predicted octanol–water partition coefficient (Wildman–Crippen LogP) is 2.46. The number of halogens is 1. The summed E-state index contributed by atoms with van der Waals surface area (Å²) in [6.45, 7) is 4.08. The Hall–Kier alpha value is -3.40. The summed E-state index contributed by atoms with van der Waals surface area (Å²) in [6, 6.07) is 5.70. The van der Waals surface area contributed by atoms with Gasteiger partial charge in [-0.25, -0.2) is 13.9 Å². The number of nitrogens with zero attached hydrogens (tertiary/aromatic N) is 5. The minimum atomic E-state index is -0.328. The number of nitrogen functional groups attached to an aromatic ring is 1. The Labute approximate surface area is 192 Å². The molecule has 5 N–H and O–H groups in total. The number of hydrogen-bond donors (Lipinski definition) is 3. The van der Waals surface area contributed by atoms with E-state index in [1.807, 2.05) is 4.90 Å². The van der Waals surface area contributed by atoms with Gasteiger partial charge in [0.2, 0.25) is 0 Å². The molecule has 2 aromatic rings. The average Bonchev–Trinajstić information content (AvgIpc) is 3.37. The molecule has 2 saturated heterocycles. The third-order valence-corrected chi connectivity index (χ3v) is 6.44. The van der Waals surface area contributed by atoms with Gasteiger partial charge in [-0.2, -0.15) is 0 Å². The van der Waals surface area contributed by atoms with Crippen molar-refractivity contribution in [2.45, 2.75) is 19.3 Å². The van der Waals surface area contributed by atoms with Gasteiger partial charge in [0.1, 0.15) is 5.82 Å². The fraction of sp³-hybridized carbons (Fsp3) is 0.435. The predicted molar refractivity (Wildman–Crippen MR) is 128 cm³/mol. The summed E-state index contributed by atoms with van der Waals surface area (Å²) >= 11 is 0. The first-order valence-electron chi connectivity index (χ1n) is 11.1. The van der Waals surface area contributed by atoms with Crippen LogP contribution in [-0.4, -0.2) is 71.6 Å². The Bertz CT molecular complexity index is 1050. The van der Waals surface area contributed by atoms with E-state index in [9.17, 15) is 9.18 Å². The van der Waals surface area contributed by atoms with E-state index < -0.39 is 0 Å². The second-order valence-corrected chi connectivity index (χ2v) is 8.90. The maximum atomic E-state index is 13.2.